The molecule has 0 unspecified atom stereocenters. The molecule has 0 bridgehead atoms. The zero-order chi connectivity index (χ0) is 11.7. The molecule has 6 nitrogen and oxygen atoms in total. The summed E-state index contributed by atoms with van der Waals surface area (Å²) in [6.45, 7) is 0.215. The van der Waals surface area contributed by atoms with E-state index in [9.17, 15) is 14.4 Å². The topological polar surface area (TPSA) is 81.7 Å². The first kappa shape index (κ1) is 13.4. The number of rotatable bonds is 6. The van der Waals surface area contributed by atoms with Gasteiger partial charge in [-0.3, -0.25) is 9.59 Å². The van der Waals surface area contributed by atoms with Crippen molar-refractivity contribution in [3.63, 3.8) is 0 Å². The van der Waals surface area contributed by atoms with Gasteiger partial charge < -0.3 is 14.8 Å². The van der Waals surface area contributed by atoms with Gasteiger partial charge in [-0.2, -0.15) is 0 Å². The molecule has 0 rings (SSSR count). The predicted molar refractivity (Wildman–Crippen MR) is 51.3 cm³/mol. The molecule has 6 heteroatoms. The minimum atomic E-state index is -0.573. The Bertz CT molecular complexity index is 239. The van der Waals surface area contributed by atoms with Gasteiger partial charge in [0.05, 0.1) is 20.6 Å². The molecule has 0 spiro atoms. The van der Waals surface area contributed by atoms with Gasteiger partial charge in [0.1, 0.15) is 5.78 Å². The third-order valence-corrected chi connectivity index (χ3v) is 1.69. The third-order valence-electron chi connectivity index (χ3n) is 1.69. The molecule has 0 heterocycles. The minimum Gasteiger partial charge on any atom is -0.469 e. The second kappa shape index (κ2) is 7.78. The van der Waals surface area contributed by atoms with E-state index in [1.807, 2.05) is 0 Å². The van der Waals surface area contributed by atoms with Crippen molar-refractivity contribution < 1.29 is 23.9 Å². The zero-order valence-corrected chi connectivity index (χ0v) is 8.87. The maximum absolute atomic E-state index is 11.1. The molecule has 0 saturated carbocycles. The van der Waals surface area contributed by atoms with Crippen molar-refractivity contribution in [2.24, 2.45) is 0 Å². The lowest BCUT2D eigenvalue weighted by atomic mass is 10.2. The summed E-state index contributed by atoms with van der Waals surface area (Å²) < 4.78 is 8.69. The fourth-order valence-electron chi connectivity index (χ4n) is 0.845. The molecule has 1 amide bonds. The van der Waals surface area contributed by atoms with Crippen LogP contribution in [-0.4, -0.2) is 38.6 Å². The minimum absolute atomic E-state index is 0.0769. The molecular weight excluding hydrogens is 202 g/mol. The highest BCUT2D eigenvalue weighted by molar-refractivity contribution is 5.83. The van der Waals surface area contributed by atoms with Gasteiger partial charge in [0.25, 0.3) is 0 Å². The quantitative estimate of drug-likeness (QED) is 0.645. The van der Waals surface area contributed by atoms with Gasteiger partial charge in [0.15, 0.2) is 0 Å². The molecule has 0 aliphatic heterocycles. The summed E-state index contributed by atoms with van der Waals surface area (Å²) in [7, 11) is 2.51. The number of methoxy groups -OCH3 is 2. The molecule has 0 aromatic carbocycles. The maximum atomic E-state index is 11.1. The van der Waals surface area contributed by atoms with Gasteiger partial charge in [-0.05, 0) is 0 Å². The van der Waals surface area contributed by atoms with Crippen LogP contribution >= 0.6 is 0 Å². The molecule has 0 aliphatic rings. The molecule has 1 N–H and O–H groups in total. The average molecular weight is 217 g/mol. The van der Waals surface area contributed by atoms with E-state index >= 15 is 0 Å². The summed E-state index contributed by atoms with van der Waals surface area (Å²) in [4.78, 5) is 32.4. The number of carbonyl (C=O) groups is 3. The Kier molecular flexibility index (Phi) is 6.96. The second-order valence-corrected chi connectivity index (χ2v) is 2.78. The Labute approximate surface area is 87.9 Å². The molecule has 0 aromatic heterocycles. The standard InChI is InChI=1S/C9H15NO5/c1-14-8(12)4-3-7(11)5-6-10-9(13)15-2/h3-6H2,1-2H3,(H,10,13). The highest BCUT2D eigenvalue weighted by Gasteiger charge is 2.07. The molecule has 0 saturated heterocycles. The summed E-state index contributed by atoms with van der Waals surface area (Å²) in [5.74, 6) is -0.513. The largest absolute Gasteiger partial charge is 0.469 e. The van der Waals surface area contributed by atoms with E-state index in [2.05, 4.69) is 14.8 Å². The zero-order valence-electron chi connectivity index (χ0n) is 8.87. The fourth-order valence-corrected chi connectivity index (χ4v) is 0.845. The number of esters is 1. The Morgan fingerprint density at radius 1 is 1.00 bits per heavy atom. The highest BCUT2D eigenvalue weighted by Crippen LogP contribution is 1.96. The van der Waals surface area contributed by atoms with Crippen LogP contribution in [0.1, 0.15) is 19.3 Å². The smallest absolute Gasteiger partial charge is 0.406 e. The van der Waals surface area contributed by atoms with Crippen LogP contribution in [0.5, 0.6) is 0 Å². The number of carbonyl (C=O) groups excluding carboxylic acids is 3. The lowest BCUT2D eigenvalue weighted by molar-refractivity contribution is -0.141. The molecule has 0 fully saturated rings. The lowest BCUT2D eigenvalue weighted by Crippen LogP contribution is -2.25. The number of hydrogen-bond donors (Lipinski definition) is 1. The molecule has 0 aromatic rings. The average Bonchev–Trinajstić information content (AvgIpc) is 2.25. The molecule has 0 aliphatic carbocycles. The van der Waals surface area contributed by atoms with Crippen LogP contribution in [0.15, 0.2) is 0 Å². The molecule has 0 radical (unpaired) electrons. The first-order valence-corrected chi connectivity index (χ1v) is 4.50. The van der Waals surface area contributed by atoms with Crippen molar-refractivity contribution >= 4 is 17.8 Å². The Morgan fingerprint density at radius 2 is 1.67 bits per heavy atom. The van der Waals surface area contributed by atoms with Crippen molar-refractivity contribution in [2.45, 2.75) is 19.3 Å². The second-order valence-electron chi connectivity index (χ2n) is 2.78. The predicted octanol–water partition coefficient (Wildman–Crippen LogP) is 0.255. The highest BCUT2D eigenvalue weighted by atomic mass is 16.5. The normalized spacial score (nSPS) is 9.20. The molecule has 0 atom stereocenters. The van der Waals surface area contributed by atoms with E-state index in [1.165, 1.54) is 14.2 Å². The third kappa shape index (κ3) is 7.48. The van der Waals surface area contributed by atoms with Gasteiger partial charge in [0, 0.05) is 19.4 Å². The van der Waals surface area contributed by atoms with Crippen molar-refractivity contribution in [2.75, 3.05) is 20.8 Å². The Morgan fingerprint density at radius 3 is 2.20 bits per heavy atom. The lowest BCUT2D eigenvalue weighted by Gasteiger charge is -2.02. The monoisotopic (exact) mass is 217 g/mol. The van der Waals surface area contributed by atoms with Crippen molar-refractivity contribution in [1.29, 1.82) is 0 Å². The summed E-state index contributed by atoms with van der Waals surface area (Å²) in [5, 5.41) is 2.37. The number of nitrogens with one attached hydrogen (secondary N) is 1. The number of alkyl carbamates (subject to hydrolysis) is 1. The summed E-state index contributed by atoms with van der Waals surface area (Å²) in [6, 6.07) is 0. The number of hydrogen-bond acceptors (Lipinski definition) is 5. The summed E-state index contributed by atoms with van der Waals surface area (Å²) in [6.07, 6.45) is -0.175. The number of ketones is 1. The van der Waals surface area contributed by atoms with Crippen molar-refractivity contribution in [3.8, 4) is 0 Å². The summed E-state index contributed by atoms with van der Waals surface area (Å²) in [5.41, 5.74) is 0. The van der Waals surface area contributed by atoms with Crippen LogP contribution in [0, 0.1) is 0 Å². The fraction of sp³-hybridized carbons (Fsp3) is 0.667. The van der Waals surface area contributed by atoms with Crippen LogP contribution in [-0.2, 0) is 19.1 Å². The van der Waals surface area contributed by atoms with Crippen LogP contribution in [0.3, 0.4) is 0 Å². The Hall–Kier alpha value is -1.59. The van der Waals surface area contributed by atoms with Gasteiger partial charge in [-0.25, -0.2) is 4.79 Å². The van der Waals surface area contributed by atoms with Gasteiger partial charge in [0.2, 0.25) is 0 Å². The van der Waals surface area contributed by atoms with E-state index in [4.69, 9.17) is 0 Å². The van der Waals surface area contributed by atoms with Crippen molar-refractivity contribution in [3.05, 3.63) is 0 Å². The van der Waals surface area contributed by atoms with Crippen molar-refractivity contribution in [1.82, 2.24) is 5.32 Å². The van der Waals surface area contributed by atoms with E-state index in [0.29, 0.717) is 0 Å². The van der Waals surface area contributed by atoms with Gasteiger partial charge in [-0.15, -0.1) is 0 Å². The van der Waals surface area contributed by atoms with Gasteiger partial charge >= 0.3 is 12.1 Å². The first-order valence-electron chi connectivity index (χ1n) is 4.50. The van der Waals surface area contributed by atoms with E-state index < -0.39 is 12.1 Å². The van der Waals surface area contributed by atoms with Crippen LogP contribution < -0.4 is 5.32 Å². The number of ether oxygens (including phenoxy) is 2. The SMILES string of the molecule is COC(=O)CCC(=O)CCNC(=O)OC. The van der Waals surface area contributed by atoms with Gasteiger partial charge in [-0.1, -0.05) is 0 Å². The van der Waals surface area contributed by atoms with E-state index in [0.717, 1.165) is 0 Å². The van der Waals surface area contributed by atoms with E-state index in [1.54, 1.807) is 0 Å². The van der Waals surface area contributed by atoms with E-state index in [-0.39, 0.29) is 31.6 Å². The van der Waals surface area contributed by atoms with Crippen LogP contribution in [0.4, 0.5) is 4.79 Å². The number of Topliss-reactive ketones (excluding diaryl/α,β-unsaturated/α-hetero) is 1. The molecule has 15 heavy (non-hydrogen) atoms. The molecular formula is C9H15NO5. The first-order chi connectivity index (χ1) is 7.10. The Balaban J connectivity index is 3.49. The maximum Gasteiger partial charge on any atom is 0.406 e. The molecule has 86 valence electrons. The van der Waals surface area contributed by atoms with Crippen LogP contribution in [0.2, 0.25) is 0 Å². The summed E-state index contributed by atoms with van der Waals surface area (Å²) >= 11 is 0. The van der Waals surface area contributed by atoms with Crippen LogP contribution in [0.25, 0.3) is 0 Å². The number of amides is 1.